The van der Waals surface area contributed by atoms with E-state index in [1.165, 1.54) is 11.8 Å². The molecular formula is C18H21N3O2. The second-order valence-corrected chi connectivity index (χ2v) is 6.85. The smallest absolute Gasteiger partial charge is 0.263 e. The van der Waals surface area contributed by atoms with Gasteiger partial charge in [-0.2, -0.15) is 0 Å². The number of aryl methyl sites for hydroxylation is 1. The number of carbonyl (C=O) groups excluding carboxylic acids is 1. The lowest BCUT2D eigenvalue weighted by Crippen LogP contribution is -2.34. The molecule has 1 saturated heterocycles. The molecule has 2 aromatic rings. The third kappa shape index (κ3) is 2.91. The van der Waals surface area contributed by atoms with Crippen LogP contribution in [0.1, 0.15) is 41.5 Å². The highest BCUT2D eigenvalue weighted by molar-refractivity contribution is 5.93. The summed E-state index contributed by atoms with van der Waals surface area (Å²) < 4.78 is 0. The molecule has 1 amide bonds. The van der Waals surface area contributed by atoms with Crippen LogP contribution in [-0.4, -0.2) is 33.9 Å². The third-order valence-electron chi connectivity index (χ3n) is 4.59. The standard InChI is InChI=1S/C18H21N3O2/c1-12-19-9-14(16(22)20-12)17(23)21-10-15(18(2,3)11-21)13-7-5-4-6-8-13/h4-9,15H,10-11H2,1-3H3,(H,19,20,22). The summed E-state index contributed by atoms with van der Waals surface area (Å²) in [6, 6.07) is 10.2. The van der Waals surface area contributed by atoms with Gasteiger partial charge in [-0.05, 0) is 17.9 Å². The van der Waals surface area contributed by atoms with Gasteiger partial charge in [0.15, 0.2) is 0 Å². The molecule has 0 spiro atoms. The van der Waals surface area contributed by atoms with Crippen LogP contribution in [0.4, 0.5) is 0 Å². The Bertz CT molecular complexity index is 780. The number of aromatic amines is 1. The van der Waals surface area contributed by atoms with E-state index >= 15 is 0 Å². The Hall–Kier alpha value is -2.43. The summed E-state index contributed by atoms with van der Waals surface area (Å²) >= 11 is 0. The zero-order valence-corrected chi connectivity index (χ0v) is 13.7. The molecule has 1 N–H and O–H groups in total. The normalized spacial score (nSPS) is 19.8. The molecule has 0 bridgehead atoms. The molecular weight excluding hydrogens is 290 g/mol. The number of hydrogen-bond donors (Lipinski definition) is 1. The maximum Gasteiger partial charge on any atom is 0.263 e. The molecule has 1 atom stereocenters. The Morgan fingerprint density at radius 3 is 2.65 bits per heavy atom. The minimum Gasteiger partial charge on any atom is -0.337 e. The summed E-state index contributed by atoms with van der Waals surface area (Å²) in [4.78, 5) is 33.1. The van der Waals surface area contributed by atoms with Crippen molar-refractivity contribution >= 4 is 5.91 Å². The van der Waals surface area contributed by atoms with Gasteiger partial charge >= 0.3 is 0 Å². The fourth-order valence-corrected chi connectivity index (χ4v) is 3.34. The van der Waals surface area contributed by atoms with Crippen LogP contribution >= 0.6 is 0 Å². The van der Waals surface area contributed by atoms with Crippen LogP contribution in [0, 0.1) is 12.3 Å². The lowest BCUT2D eigenvalue weighted by molar-refractivity contribution is 0.0775. The van der Waals surface area contributed by atoms with E-state index in [4.69, 9.17) is 0 Å². The lowest BCUT2D eigenvalue weighted by atomic mass is 9.78. The van der Waals surface area contributed by atoms with E-state index in [-0.39, 0.29) is 28.4 Å². The molecule has 2 heterocycles. The van der Waals surface area contributed by atoms with Gasteiger partial charge in [0.25, 0.3) is 11.5 Å². The van der Waals surface area contributed by atoms with E-state index in [1.807, 2.05) is 18.2 Å². The number of benzene rings is 1. The van der Waals surface area contributed by atoms with Crippen molar-refractivity contribution in [1.29, 1.82) is 0 Å². The average Bonchev–Trinajstić information content (AvgIpc) is 2.83. The molecule has 120 valence electrons. The predicted octanol–water partition coefficient (Wildman–Crippen LogP) is 2.34. The van der Waals surface area contributed by atoms with Gasteiger partial charge in [-0.15, -0.1) is 0 Å². The van der Waals surface area contributed by atoms with Crippen LogP contribution in [0.25, 0.3) is 0 Å². The number of aromatic nitrogens is 2. The van der Waals surface area contributed by atoms with E-state index in [2.05, 4.69) is 35.9 Å². The number of nitrogens with zero attached hydrogens (tertiary/aromatic N) is 2. The third-order valence-corrected chi connectivity index (χ3v) is 4.59. The highest BCUT2D eigenvalue weighted by atomic mass is 16.2. The van der Waals surface area contributed by atoms with Crippen molar-refractivity contribution in [2.45, 2.75) is 26.7 Å². The summed E-state index contributed by atoms with van der Waals surface area (Å²) in [5, 5.41) is 0. The molecule has 1 unspecified atom stereocenters. The largest absolute Gasteiger partial charge is 0.337 e. The van der Waals surface area contributed by atoms with Gasteiger partial charge in [0, 0.05) is 25.2 Å². The quantitative estimate of drug-likeness (QED) is 0.926. The number of likely N-dealkylation sites (tertiary alicyclic amines) is 1. The van der Waals surface area contributed by atoms with Crippen LogP contribution in [0.2, 0.25) is 0 Å². The second kappa shape index (κ2) is 5.65. The molecule has 1 aromatic heterocycles. The topological polar surface area (TPSA) is 66.1 Å². The first-order valence-electron chi connectivity index (χ1n) is 7.78. The molecule has 3 rings (SSSR count). The Morgan fingerprint density at radius 1 is 1.30 bits per heavy atom. The number of rotatable bonds is 2. The first kappa shape index (κ1) is 15.5. The van der Waals surface area contributed by atoms with Crippen LogP contribution in [0.5, 0.6) is 0 Å². The highest BCUT2D eigenvalue weighted by Gasteiger charge is 2.42. The number of amides is 1. The maximum atomic E-state index is 12.7. The highest BCUT2D eigenvalue weighted by Crippen LogP contribution is 2.42. The minimum absolute atomic E-state index is 0.0398. The Labute approximate surface area is 135 Å². The van der Waals surface area contributed by atoms with E-state index in [0.29, 0.717) is 18.9 Å². The molecule has 0 aliphatic carbocycles. The molecule has 0 saturated carbocycles. The maximum absolute atomic E-state index is 12.7. The van der Waals surface area contributed by atoms with E-state index in [0.717, 1.165) is 0 Å². The summed E-state index contributed by atoms with van der Waals surface area (Å²) in [6.45, 7) is 7.26. The second-order valence-electron chi connectivity index (χ2n) is 6.85. The van der Waals surface area contributed by atoms with Crippen molar-refractivity contribution in [2.24, 2.45) is 5.41 Å². The van der Waals surface area contributed by atoms with Crippen molar-refractivity contribution in [1.82, 2.24) is 14.9 Å². The number of hydrogen-bond acceptors (Lipinski definition) is 3. The summed E-state index contributed by atoms with van der Waals surface area (Å²) in [6.07, 6.45) is 1.37. The number of nitrogens with one attached hydrogen (secondary N) is 1. The van der Waals surface area contributed by atoms with Gasteiger partial charge in [0.05, 0.1) is 0 Å². The van der Waals surface area contributed by atoms with Gasteiger partial charge in [-0.25, -0.2) is 4.98 Å². The fraction of sp³-hybridized carbons (Fsp3) is 0.389. The molecule has 1 fully saturated rings. The molecule has 1 aliphatic rings. The number of carbonyl (C=O) groups is 1. The van der Waals surface area contributed by atoms with Crippen LogP contribution in [0.15, 0.2) is 41.3 Å². The molecule has 0 radical (unpaired) electrons. The van der Waals surface area contributed by atoms with Crippen molar-refractivity contribution in [3.63, 3.8) is 0 Å². The van der Waals surface area contributed by atoms with Crippen molar-refractivity contribution < 1.29 is 4.79 Å². The van der Waals surface area contributed by atoms with Crippen LogP contribution in [0.3, 0.4) is 0 Å². The first-order chi connectivity index (χ1) is 10.9. The molecule has 1 aromatic carbocycles. The van der Waals surface area contributed by atoms with E-state index in [1.54, 1.807) is 11.8 Å². The summed E-state index contributed by atoms with van der Waals surface area (Å²) in [7, 11) is 0. The van der Waals surface area contributed by atoms with Crippen molar-refractivity contribution in [2.75, 3.05) is 13.1 Å². The van der Waals surface area contributed by atoms with Crippen molar-refractivity contribution in [3.8, 4) is 0 Å². The minimum atomic E-state index is -0.372. The zero-order valence-electron chi connectivity index (χ0n) is 13.7. The molecule has 1 aliphatic heterocycles. The van der Waals surface area contributed by atoms with Gasteiger partial charge < -0.3 is 9.88 Å². The number of H-pyrrole nitrogens is 1. The fourth-order valence-electron chi connectivity index (χ4n) is 3.34. The van der Waals surface area contributed by atoms with Crippen LogP contribution in [-0.2, 0) is 0 Å². The van der Waals surface area contributed by atoms with Gasteiger partial charge in [-0.1, -0.05) is 44.2 Å². The molecule has 23 heavy (non-hydrogen) atoms. The summed E-state index contributed by atoms with van der Waals surface area (Å²) in [5.74, 6) is 0.519. The lowest BCUT2D eigenvalue weighted by Gasteiger charge is -2.25. The molecule has 5 heteroatoms. The van der Waals surface area contributed by atoms with Crippen LogP contribution < -0.4 is 5.56 Å². The Balaban J connectivity index is 1.88. The van der Waals surface area contributed by atoms with Gasteiger partial charge in [0.2, 0.25) is 0 Å². The van der Waals surface area contributed by atoms with Gasteiger partial charge in [-0.3, -0.25) is 9.59 Å². The molecule has 5 nitrogen and oxygen atoms in total. The van der Waals surface area contributed by atoms with Crippen molar-refractivity contribution in [3.05, 3.63) is 63.8 Å². The van der Waals surface area contributed by atoms with E-state index in [9.17, 15) is 9.59 Å². The first-order valence-corrected chi connectivity index (χ1v) is 7.78. The Kier molecular flexibility index (Phi) is 3.80. The SMILES string of the molecule is Cc1ncc(C(=O)N2CC(c3ccccc3)C(C)(C)C2)c(=O)[nH]1. The monoisotopic (exact) mass is 311 g/mol. The Morgan fingerprint density at radius 2 is 2.00 bits per heavy atom. The summed E-state index contributed by atoms with van der Waals surface area (Å²) in [5.41, 5.74) is 0.925. The predicted molar refractivity (Wildman–Crippen MR) is 88.5 cm³/mol. The van der Waals surface area contributed by atoms with E-state index < -0.39 is 0 Å². The zero-order chi connectivity index (χ0) is 16.6. The average molecular weight is 311 g/mol. The van der Waals surface area contributed by atoms with Gasteiger partial charge in [0.1, 0.15) is 11.4 Å².